The van der Waals surface area contributed by atoms with E-state index in [2.05, 4.69) is 10.4 Å². The normalized spacial score (nSPS) is 21.7. The van der Waals surface area contributed by atoms with Crippen LogP contribution >= 0.6 is 7.95 Å². The zero-order valence-corrected chi connectivity index (χ0v) is 16.2. The lowest BCUT2D eigenvalue weighted by Crippen LogP contribution is -2.60. The van der Waals surface area contributed by atoms with Crippen molar-refractivity contribution in [1.29, 1.82) is 0 Å². The number of phenols is 1. The molecule has 0 saturated carbocycles. The Balaban J connectivity index is 2.17. The van der Waals surface area contributed by atoms with Crippen molar-refractivity contribution in [1.82, 2.24) is 15.4 Å². The third-order valence-corrected chi connectivity index (χ3v) is 6.15. The number of nitrogens with zero attached hydrogens (tertiary/aromatic N) is 1. The average Bonchev–Trinajstić information content (AvgIpc) is 2.65. The average molecular weight is 396 g/mol. The summed E-state index contributed by atoms with van der Waals surface area (Å²) >= 11 is 0. The molecule has 3 atom stereocenters. The van der Waals surface area contributed by atoms with E-state index in [9.17, 15) is 19.3 Å². The molecule has 1 aromatic rings. The second kappa shape index (κ2) is 9.23. The lowest BCUT2D eigenvalue weighted by molar-refractivity contribution is -0.137. The molecule has 0 aromatic heterocycles. The van der Waals surface area contributed by atoms with Crippen LogP contribution in [0.3, 0.4) is 0 Å². The lowest BCUT2D eigenvalue weighted by Gasteiger charge is -2.29. The van der Waals surface area contributed by atoms with Crippen molar-refractivity contribution in [2.24, 2.45) is 11.6 Å². The molecule has 7 N–H and O–H groups in total. The summed E-state index contributed by atoms with van der Waals surface area (Å²) in [5.41, 5.74) is 6.88. The molecule has 1 saturated heterocycles. The molecule has 2 amide bonds. The van der Waals surface area contributed by atoms with Gasteiger partial charge < -0.3 is 10.4 Å². The molecule has 148 valence electrons. The zero-order valence-electron chi connectivity index (χ0n) is 15.4. The predicted octanol–water partition coefficient (Wildman–Crippen LogP) is 0.313. The summed E-state index contributed by atoms with van der Waals surface area (Å²) < 4.78 is 12.9. The third kappa shape index (κ3) is 5.23. The molecule has 0 radical (unpaired) electrons. The first-order chi connectivity index (χ1) is 12.8. The highest BCUT2D eigenvalue weighted by Gasteiger charge is 2.57. The van der Waals surface area contributed by atoms with E-state index in [1.54, 1.807) is 12.1 Å². The van der Waals surface area contributed by atoms with Crippen LogP contribution in [0.4, 0.5) is 0 Å². The highest BCUT2D eigenvalue weighted by molar-refractivity contribution is 7.45. The number of hydrazine groups is 1. The molecule has 1 fully saturated rings. The van der Waals surface area contributed by atoms with Crippen LogP contribution in [0, 0.1) is 0 Å². The maximum absolute atomic E-state index is 12.9. The van der Waals surface area contributed by atoms with Crippen molar-refractivity contribution < 1.29 is 19.3 Å². The van der Waals surface area contributed by atoms with E-state index in [1.165, 1.54) is 12.1 Å². The summed E-state index contributed by atoms with van der Waals surface area (Å²) in [7, 11) is -2.44. The van der Waals surface area contributed by atoms with E-state index < -0.39 is 25.2 Å². The van der Waals surface area contributed by atoms with E-state index in [1.807, 2.05) is 6.92 Å². The van der Waals surface area contributed by atoms with Crippen LogP contribution in [0.5, 0.6) is 5.75 Å². The molecular weight excluding hydrogens is 369 g/mol. The Morgan fingerprint density at radius 2 is 2.07 bits per heavy atom. The summed E-state index contributed by atoms with van der Waals surface area (Å²) in [6, 6.07) is 5.53. The van der Waals surface area contributed by atoms with Crippen molar-refractivity contribution in [3.8, 4) is 5.75 Å². The van der Waals surface area contributed by atoms with Crippen molar-refractivity contribution in [3.63, 3.8) is 0 Å². The second-order valence-electron chi connectivity index (χ2n) is 6.66. The van der Waals surface area contributed by atoms with Crippen LogP contribution in [-0.4, -0.2) is 46.3 Å². The van der Waals surface area contributed by atoms with Crippen molar-refractivity contribution in [2.75, 3.05) is 13.1 Å². The number of carbonyl (C=O) groups is 2. The van der Waals surface area contributed by atoms with Gasteiger partial charge in [0.15, 0.2) is 0 Å². The number of nitrogens with two attached hydrogens (primary N) is 2. The standard InChI is InChI=1S/C17H26N5O4P/c1-2-9-20-15(24)14(11-12-4-6-13(23)7-5-12)21-27(26)17(18)8-3-10-22(19)16(17)25/h4-7,14H,2-3,8-11,18-19H2,1H3,(H2-,20,21,23,24,26)/p+1/t14?,17-/m0/s1. The Hall–Kier alpha value is -2.06. The zero-order chi connectivity index (χ0) is 20.0. The minimum atomic E-state index is -2.44. The van der Waals surface area contributed by atoms with Crippen LogP contribution < -0.4 is 22.0 Å². The Morgan fingerprint density at radius 3 is 2.70 bits per heavy atom. The van der Waals surface area contributed by atoms with E-state index in [-0.39, 0.29) is 24.5 Å². The van der Waals surface area contributed by atoms with Crippen LogP contribution in [0.25, 0.3) is 0 Å². The maximum Gasteiger partial charge on any atom is 0.465 e. The van der Waals surface area contributed by atoms with Crippen molar-refractivity contribution in [3.05, 3.63) is 29.8 Å². The minimum absolute atomic E-state index is 0.113. The molecule has 1 aliphatic heterocycles. The van der Waals surface area contributed by atoms with Crippen molar-refractivity contribution in [2.45, 2.75) is 43.9 Å². The van der Waals surface area contributed by atoms with Gasteiger partial charge in [-0.15, -0.1) is 0 Å². The van der Waals surface area contributed by atoms with Gasteiger partial charge in [0.25, 0.3) is 0 Å². The van der Waals surface area contributed by atoms with Crippen molar-refractivity contribution >= 4 is 19.8 Å². The Morgan fingerprint density at radius 1 is 1.41 bits per heavy atom. The van der Waals surface area contributed by atoms with E-state index in [4.69, 9.17) is 11.6 Å². The molecule has 27 heavy (non-hydrogen) atoms. The molecule has 2 rings (SSSR count). The molecule has 0 bridgehead atoms. The molecule has 1 aliphatic rings. The number of phenolic OH excluding ortho intramolecular Hbond substituents is 1. The molecule has 2 unspecified atom stereocenters. The quantitative estimate of drug-likeness (QED) is 0.241. The van der Waals surface area contributed by atoms with Crippen LogP contribution in [0.1, 0.15) is 31.7 Å². The topological polar surface area (TPSA) is 151 Å². The number of benzene rings is 1. The summed E-state index contributed by atoms with van der Waals surface area (Å²) in [6.45, 7) is 2.76. The first-order valence-electron chi connectivity index (χ1n) is 8.92. The first kappa shape index (κ1) is 21.2. The maximum atomic E-state index is 12.9. The molecule has 0 aliphatic carbocycles. The summed E-state index contributed by atoms with van der Waals surface area (Å²) in [5.74, 6) is 4.82. The van der Waals surface area contributed by atoms with E-state index in [0.717, 1.165) is 17.0 Å². The molecule has 9 nitrogen and oxygen atoms in total. The Labute approximate surface area is 159 Å². The largest absolute Gasteiger partial charge is 0.508 e. The number of carbonyl (C=O) groups excluding carboxylic acids is 2. The Bertz CT molecular complexity index is 699. The summed E-state index contributed by atoms with van der Waals surface area (Å²) in [5, 5.41) is 14.3. The highest BCUT2D eigenvalue weighted by Crippen LogP contribution is 2.39. The monoisotopic (exact) mass is 396 g/mol. The predicted molar refractivity (Wildman–Crippen MR) is 102 cm³/mol. The third-order valence-electron chi connectivity index (χ3n) is 4.47. The Kier molecular flexibility index (Phi) is 7.26. The lowest BCUT2D eigenvalue weighted by atomic mass is 10.1. The van der Waals surface area contributed by atoms with Gasteiger partial charge in [0.1, 0.15) is 11.8 Å². The number of rotatable bonds is 8. The van der Waals surface area contributed by atoms with Gasteiger partial charge in [0, 0.05) is 25.9 Å². The fraction of sp³-hybridized carbons (Fsp3) is 0.529. The van der Waals surface area contributed by atoms with Gasteiger partial charge in [-0.2, -0.15) is 0 Å². The van der Waals surface area contributed by atoms with E-state index in [0.29, 0.717) is 19.5 Å². The van der Waals surface area contributed by atoms with E-state index >= 15 is 0 Å². The number of hydrogen-bond acceptors (Lipinski definition) is 6. The molecule has 1 heterocycles. The summed E-state index contributed by atoms with van der Waals surface area (Å²) in [4.78, 5) is 24.9. The number of amides is 2. The molecule has 1 aromatic carbocycles. The first-order valence-corrected chi connectivity index (χ1v) is 10.2. The second-order valence-corrected chi connectivity index (χ2v) is 8.31. The van der Waals surface area contributed by atoms with Crippen LogP contribution in [0.2, 0.25) is 0 Å². The smallest absolute Gasteiger partial charge is 0.465 e. The number of aromatic hydroxyl groups is 1. The fourth-order valence-corrected chi connectivity index (χ4v) is 4.24. The van der Waals surface area contributed by atoms with Crippen LogP contribution in [0.15, 0.2) is 24.3 Å². The van der Waals surface area contributed by atoms with Crippen LogP contribution in [-0.2, 0) is 20.6 Å². The summed E-state index contributed by atoms with van der Waals surface area (Å²) in [6.07, 6.45) is 1.75. The van der Waals surface area contributed by atoms with Gasteiger partial charge in [0.2, 0.25) is 5.91 Å². The molecule has 10 heteroatoms. The van der Waals surface area contributed by atoms with Gasteiger partial charge in [-0.05, 0) is 35.1 Å². The van der Waals surface area contributed by atoms with Gasteiger partial charge in [-0.25, -0.2) is 5.84 Å². The minimum Gasteiger partial charge on any atom is -0.508 e. The van der Waals surface area contributed by atoms with Gasteiger partial charge in [0.05, 0.1) is 0 Å². The fourth-order valence-electron chi connectivity index (χ4n) is 2.86. The number of piperidine rings is 1. The number of hydrogen-bond donors (Lipinski definition) is 5. The SMILES string of the molecule is CCCNC(=O)C(Cc1ccc(O)cc1)N[P+](=O)[C@@]1(N)CCCN(N)C1=O. The highest BCUT2D eigenvalue weighted by atomic mass is 31.1. The van der Waals surface area contributed by atoms with Gasteiger partial charge in [-0.1, -0.05) is 24.1 Å². The van der Waals surface area contributed by atoms with Gasteiger partial charge in [-0.3, -0.25) is 20.3 Å². The molecule has 0 spiro atoms. The van der Waals surface area contributed by atoms with Gasteiger partial charge >= 0.3 is 19.1 Å². The number of nitrogens with one attached hydrogen (secondary N) is 2. The molecular formula is C17H27N5O4P+.